The summed E-state index contributed by atoms with van der Waals surface area (Å²) < 4.78 is 5.08. The molecule has 0 aromatic heterocycles. The molecule has 0 spiro atoms. The lowest BCUT2D eigenvalue weighted by Gasteiger charge is -2.32. The summed E-state index contributed by atoms with van der Waals surface area (Å²) in [5, 5.41) is 19.8. The summed E-state index contributed by atoms with van der Waals surface area (Å²) >= 11 is 0. The molecule has 1 aromatic carbocycles. The first kappa shape index (κ1) is 14.7. The zero-order valence-electron chi connectivity index (χ0n) is 10.8. The summed E-state index contributed by atoms with van der Waals surface area (Å²) in [5.74, 6) is -1.77. The van der Waals surface area contributed by atoms with Gasteiger partial charge in [0.1, 0.15) is 0 Å². The fourth-order valence-corrected chi connectivity index (χ4v) is 2.17. The van der Waals surface area contributed by atoms with Gasteiger partial charge in [-0.15, -0.1) is 0 Å². The van der Waals surface area contributed by atoms with Crippen molar-refractivity contribution in [2.75, 3.05) is 13.7 Å². The highest BCUT2D eigenvalue weighted by Gasteiger charge is 2.44. The van der Waals surface area contributed by atoms with Crippen molar-refractivity contribution in [1.82, 2.24) is 0 Å². The van der Waals surface area contributed by atoms with Gasteiger partial charge in [-0.2, -0.15) is 0 Å². The molecule has 0 aliphatic carbocycles. The van der Waals surface area contributed by atoms with Crippen molar-refractivity contribution in [3.8, 4) is 0 Å². The number of hydrogen-bond acceptors (Lipinski definition) is 3. The maximum absolute atomic E-state index is 11.4. The first-order valence-electron chi connectivity index (χ1n) is 6.06. The quantitative estimate of drug-likeness (QED) is 0.779. The van der Waals surface area contributed by atoms with Gasteiger partial charge in [0.2, 0.25) is 0 Å². The zero-order valence-corrected chi connectivity index (χ0v) is 10.8. The Morgan fingerprint density at radius 2 is 2.00 bits per heavy atom. The minimum atomic E-state index is -1.79. The highest BCUT2D eigenvalue weighted by molar-refractivity contribution is 5.78. The van der Waals surface area contributed by atoms with Crippen LogP contribution in [0.25, 0.3) is 0 Å². The number of rotatable bonds is 7. The third kappa shape index (κ3) is 3.09. The largest absolute Gasteiger partial charge is 0.479 e. The lowest BCUT2D eigenvalue weighted by molar-refractivity contribution is -0.163. The Kier molecular flexibility index (Phi) is 5.31. The van der Waals surface area contributed by atoms with Gasteiger partial charge in [0.25, 0.3) is 0 Å². The second-order valence-electron chi connectivity index (χ2n) is 4.40. The molecule has 1 aromatic rings. The molecule has 0 fully saturated rings. The Morgan fingerprint density at radius 3 is 2.44 bits per heavy atom. The molecule has 2 unspecified atom stereocenters. The molecule has 0 aliphatic rings. The molecule has 0 bridgehead atoms. The minimum absolute atomic E-state index is 0.173. The van der Waals surface area contributed by atoms with Crippen LogP contribution in [-0.2, 0) is 9.53 Å². The first-order valence-corrected chi connectivity index (χ1v) is 6.06. The smallest absolute Gasteiger partial charge is 0.336 e. The number of benzene rings is 1. The summed E-state index contributed by atoms with van der Waals surface area (Å²) in [4.78, 5) is 11.4. The molecule has 0 amide bonds. The van der Waals surface area contributed by atoms with E-state index >= 15 is 0 Å². The molecule has 4 nitrogen and oxygen atoms in total. The highest BCUT2D eigenvalue weighted by Crippen LogP contribution is 2.32. The predicted octanol–water partition coefficient (Wildman–Crippen LogP) is 2.03. The summed E-state index contributed by atoms with van der Waals surface area (Å²) in [7, 11) is 1.50. The Hall–Kier alpha value is -1.39. The molecular weight excluding hydrogens is 232 g/mol. The fourth-order valence-electron chi connectivity index (χ4n) is 2.17. The van der Waals surface area contributed by atoms with E-state index in [9.17, 15) is 15.0 Å². The van der Waals surface area contributed by atoms with E-state index in [-0.39, 0.29) is 13.0 Å². The van der Waals surface area contributed by atoms with Gasteiger partial charge in [0.15, 0.2) is 5.60 Å². The summed E-state index contributed by atoms with van der Waals surface area (Å²) in [6.45, 7) is 2.02. The van der Waals surface area contributed by atoms with Crippen LogP contribution in [0.4, 0.5) is 0 Å². The van der Waals surface area contributed by atoms with E-state index in [0.29, 0.717) is 6.42 Å². The van der Waals surface area contributed by atoms with E-state index < -0.39 is 17.5 Å². The number of aliphatic carboxylic acids is 1. The number of ether oxygens (including phenoxy) is 1. The van der Waals surface area contributed by atoms with Gasteiger partial charge < -0.3 is 14.9 Å². The van der Waals surface area contributed by atoms with Crippen molar-refractivity contribution in [1.29, 1.82) is 0 Å². The lowest BCUT2D eigenvalue weighted by atomic mass is 9.79. The van der Waals surface area contributed by atoms with Gasteiger partial charge >= 0.3 is 5.97 Å². The summed E-state index contributed by atoms with van der Waals surface area (Å²) in [6.07, 6.45) is 0.793. The average Bonchev–Trinajstić information content (AvgIpc) is 2.37. The number of carbonyl (C=O) groups is 1. The van der Waals surface area contributed by atoms with Crippen LogP contribution in [0.3, 0.4) is 0 Å². The molecule has 0 heterocycles. The van der Waals surface area contributed by atoms with Crippen LogP contribution in [-0.4, -0.2) is 35.5 Å². The topological polar surface area (TPSA) is 66.8 Å². The average molecular weight is 252 g/mol. The highest BCUT2D eigenvalue weighted by atomic mass is 16.5. The molecule has 100 valence electrons. The van der Waals surface area contributed by atoms with Gasteiger partial charge in [-0.05, 0) is 12.0 Å². The van der Waals surface area contributed by atoms with Crippen LogP contribution in [0.15, 0.2) is 30.3 Å². The molecule has 18 heavy (non-hydrogen) atoms. The number of methoxy groups -OCH3 is 1. The van der Waals surface area contributed by atoms with Crippen LogP contribution >= 0.6 is 0 Å². The molecular formula is C14H20O4. The SMILES string of the molecule is CCCC(O)(C(=O)O)C(COC)c1ccccc1. The van der Waals surface area contributed by atoms with Gasteiger partial charge in [-0.3, -0.25) is 0 Å². The number of carboxylic acid groups (broad SMARTS) is 1. The van der Waals surface area contributed by atoms with E-state index in [1.165, 1.54) is 7.11 Å². The van der Waals surface area contributed by atoms with Crippen molar-refractivity contribution in [2.45, 2.75) is 31.3 Å². The second kappa shape index (κ2) is 6.52. The van der Waals surface area contributed by atoms with Gasteiger partial charge in [-0.25, -0.2) is 4.79 Å². The fraction of sp³-hybridized carbons (Fsp3) is 0.500. The van der Waals surface area contributed by atoms with E-state index in [2.05, 4.69) is 0 Å². The van der Waals surface area contributed by atoms with Crippen molar-refractivity contribution < 1.29 is 19.7 Å². The first-order chi connectivity index (χ1) is 8.56. The maximum atomic E-state index is 11.4. The van der Waals surface area contributed by atoms with E-state index in [1.54, 1.807) is 0 Å². The number of carboxylic acids is 1. The molecule has 0 aliphatic heterocycles. The van der Waals surface area contributed by atoms with E-state index in [4.69, 9.17) is 4.74 Å². The Labute approximate surface area is 107 Å². The minimum Gasteiger partial charge on any atom is -0.479 e. The zero-order chi connectivity index (χ0) is 13.6. The van der Waals surface area contributed by atoms with Gasteiger partial charge in [-0.1, -0.05) is 43.7 Å². The maximum Gasteiger partial charge on any atom is 0.336 e. The lowest BCUT2D eigenvalue weighted by Crippen LogP contribution is -2.46. The molecule has 0 saturated heterocycles. The third-order valence-corrected chi connectivity index (χ3v) is 3.11. The predicted molar refractivity (Wildman–Crippen MR) is 68.6 cm³/mol. The summed E-state index contributed by atoms with van der Waals surface area (Å²) in [6, 6.07) is 9.13. The Morgan fingerprint density at radius 1 is 1.39 bits per heavy atom. The van der Waals surface area contributed by atoms with E-state index in [1.807, 2.05) is 37.3 Å². The van der Waals surface area contributed by atoms with Crippen molar-refractivity contribution >= 4 is 5.97 Å². The normalized spacial score (nSPS) is 15.9. The third-order valence-electron chi connectivity index (χ3n) is 3.11. The number of hydrogen-bond donors (Lipinski definition) is 2. The molecule has 2 atom stereocenters. The van der Waals surface area contributed by atoms with Crippen LogP contribution in [0.2, 0.25) is 0 Å². The van der Waals surface area contributed by atoms with Crippen LogP contribution in [0.1, 0.15) is 31.2 Å². The second-order valence-corrected chi connectivity index (χ2v) is 4.40. The Bertz CT molecular complexity index is 377. The van der Waals surface area contributed by atoms with Crippen LogP contribution in [0.5, 0.6) is 0 Å². The van der Waals surface area contributed by atoms with Crippen LogP contribution in [0, 0.1) is 0 Å². The van der Waals surface area contributed by atoms with E-state index in [0.717, 1.165) is 5.56 Å². The summed E-state index contributed by atoms with van der Waals surface area (Å²) in [5.41, 5.74) is -1.01. The van der Waals surface area contributed by atoms with Crippen LogP contribution < -0.4 is 0 Å². The number of aliphatic hydroxyl groups is 1. The van der Waals surface area contributed by atoms with Crippen molar-refractivity contribution in [3.05, 3.63) is 35.9 Å². The standard InChI is InChI=1S/C14H20O4/c1-3-9-14(17,13(15)16)12(10-18-2)11-7-5-4-6-8-11/h4-8,12,17H,3,9-10H2,1-2H3,(H,15,16). The van der Waals surface area contributed by atoms with Crippen molar-refractivity contribution in [2.24, 2.45) is 0 Å². The van der Waals surface area contributed by atoms with Crippen molar-refractivity contribution in [3.63, 3.8) is 0 Å². The molecule has 0 radical (unpaired) electrons. The van der Waals surface area contributed by atoms with Gasteiger partial charge in [0, 0.05) is 13.0 Å². The molecule has 0 saturated carbocycles. The Balaban J connectivity index is 3.13. The molecule has 1 rings (SSSR count). The van der Waals surface area contributed by atoms with Gasteiger partial charge in [0.05, 0.1) is 6.61 Å². The monoisotopic (exact) mass is 252 g/mol. The molecule has 2 N–H and O–H groups in total. The molecule has 4 heteroatoms.